The van der Waals surface area contributed by atoms with Crippen LogP contribution in [0.15, 0.2) is 29.9 Å². The van der Waals surface area contributed by atoms with Crippen molar-refractivity contribution in [3.05, 3.63) is 30.4 Å². The molecule has 0 aliphatic rings. The minimum Gasteiger partial charge on any atom is -0.493 e. The van der Waals surface area contributed by atoms with Gasteiger partial charge in [-0.15, -0.1) is 0 Å². The number of amides is 1. The van der Waals surface area contributed by atoms with Crippen LogP contribution in [0.3, 0.4) is 0 Å². The second-order valence-corrected chi connectivity index (χ2v) is 4.34. The van der Waals surface area contributed by atoms with Crippen LogP contribution in [0.1, 0.15) is 5.56 Å². The van der Waals surface area contributed by atoms with E-state index in [2.05, 4.69) is 20.6 Å². The third-order valence-corrected chi connectivity index (χ3v) is 2.86. The summed E-state index contributed by atoms with van der Waals surface area (Å²) in [6.45, 7) is 0.0343. The summed E-state index contributed by atoms with van der Waals surface area (Å²) in [6.07, 6.45) is 4.28. The zero-order chi connectivity index (χ0) is 16.7. The number of carbonyl (C=O) groups is 1. The van der Waals surface area contributed by atoms with Crippen molar-refractivity contribution >= 4 is 12.1 Å². The molecule has 1 amide bonds. The molecule has 0 bridgehead atoms. The van der Waals surface area contributed by atoms with E-state index in [4.69, 9.17) is 14.2 Å². The highest BCUT2D eigenvalue weighted by Crippen LogP contribution is 2.37. The molecule has 0 radical (unpaired) electrons. The van der Waals surface area contributed by atoms with E-state index in [1.165, 1.54) is 44.9 Å². The fourth-order valence-corrected chi connectivity index (χ4v) is 1.85. The Kier molecular flexibility index (Phi) is 5.50. The summed E-state index contributed by atoms with van der Waals surface area (Å²) in [5, 5.41) is 7.72. The molecule has 0 unspecified atom stereocenters. The maximum atomic E-state index is 11.7. The number of benzene rings is 1. The Morgan fingerprint density at radius 1 is 1.26 bits per heavy atom. The Balaban J connectivity index is 2.05. The number of carbonyl (C=O) groups excluding carboxylic acids is 1. The number of ether oxygens (including phenoxy) is 3. The van der Waals surface area contributed by atoms with Crippen LogP contribution in [0.25, 0.3) is 0 Å². The predicted octanol–water partition coefficient (Wildman–Crippen LogP) is 0.454. The van der Waals surface area contributed by atoms with E-state index in [0.29, 0.717) is 22.8 Å². The highest BCUT2D eigenvalue weighted by atomic mass is 16.5. The van der Waals surface area contributed by atoms with Gasteiger partial charge in [0.05, 0.1) is 27.5 Å². The van der Waals surface area contributed by atoms with E-state index in [-0.39, 0.29) is 12.5 Å². The molecule has 2 aromatic rings. The standard InChI is InChI=1S/C14H17N5O4/c1-21-11-4-10(5-12(22-2)14(11)23-3)6-16-18-13(20)7-19-9-15-8-17-19/h4-6,8-9H,7H2,1-3H3,(H,18,20). The lowest BCUT2D eigenvalue weighted by Crippen LogP contribution is -2.23. The van der Waals surface area contributed by atoms with Crippen molar-refractivity contribution in [2.24, 2.45) is 5.10 Å². The molecule has 9 nitrogen and oxygen atoms in total. The Hall–Kier alpha value is -3.10. The van der Waals surface area contributed by atoms with Gasteiger partial charge in [-0.1, -0.05) is 0 Å². The monoisotopic (exact) mass is 319 g/mol. The van der Waals surface area contributed by atoms with Gasteiger partial charge in [-0.05, 0) is 12.1 Å². The first-order valence-electron chi connectivity index (χ1n) is 6.62. The average molecular weight is 319 g/mol. The van der Waals surface area contributed by atoms with Crippen molar-refractivity contribution in [2.75, 3.05) is 21.3 Å². The van der Waals surface area contributed by atoms with Crippen molar-refractivity contribution < 1.29 is 19.0 Å². The molecule has 0 aliphatic carbocycles. The van der Waals surface area contributed by atoms with Gasteiger partial charge in [0, 0.05) is 5.56 Å². The van der Waals surface area contributed by atoms with Gasteiger partial charge in [0.1, 0.15) is 19.2 Å². The lowest BCUT2D eigenvalue weighted by atomic mass is 10.2. The van der Waals surface area contributed by atoms with Crippen molar-refractivity contribution in [3.8, 4) is 17.2 Å². The van der Waals surface area contributed by atoms with Crippen LogP contribution in [0, 0.1) is 0 Å². The molecule has 1 heterocycles. The molecule has 9 heteroatoms. The normalized spacial score (nSPS) is 10.6. The summed E-state index contributed by atoms with van der Waals surface area (Å²) in [4.78, 5) is 15.4. The summed E-state index contributed by atoms with van der Waals surface area (Å²) in [6, 6.07) is 3.43. The molecule has 1 aromatic carbocycles. The first kappa shape index (κ1) is 16.3. The topological polar surface area (TPSA) is 99.9 Å². The van der Waals surface area contributed by atoms with Gasteiger partial charge in [0.2, 0.25) is 5.75 Å². The maximum absolute atomic E-state index is 11.7. The number of hydrazone groups is 1. The van der Waals surface area contributed by atoms with Crippen LogP contribution in [-0.4, -0.2) is 48.2 Å². The molecule has 0 saturated carbocycles. The largest absolute Gasteiger partial charge is 0.493 e. The Labute approximate surface area is 132 Å². The zero-order valence-electron chi connectivity index (χ0n) is 13.0. The molecule has 0 saturated heterocycles. The maximum Gasteiger partial charge on any atom is 0.261 e. The van der Waals surface area contributed by atoms with Crippen LogP contribution >= 0.6 is 0 Å². The number of nitrogens with zero attached hydrogens (tertiary/aromatic N) is 4. The summed E-state index contributed by atoms with van der Waals surface area (Å²) in [5.74, 6) is 1.17. The van der Waals surface area contributed by atoms with Gasteiger partial charge in [0.15, 0.2) is 11.5 Å². The van der Waals surface area contributed by atoms with E-state index < -0.39 is 0 Å². The Bertz CT molecular complexity index is 659. The van der Waals surface area contributed by atoms with Crippen LogP contribution in [0.4, 0.5) is 0 Å². The lowest BCUT2D eigenvalue weighted by Gasteiger charge is -2.12. The SMILES string of the molecule is COc1cc(C=NNC(=O)Cn2cncn2)cc(OC)c1OC. The third kappa shape index (κ3) is 4.19. The van der Waals surface area contributed by atoms with Crippen LogP contribution in [0.2, 0.25) is 0 Å². The van der Waals surface area contributed by atoms with Crippen molar-refractivity contribution in [3.63, 3.8) is 0 Å². The van der Waals surface area contributed by atoms with Crippen molar-refractivity contribution in [1.29, 1.82) is 0 Å². The fourth-order valence-electron chi connectivity index (χ4n) is 1.85. The molecule has 23 heavy (non-hydrogen) atoms. The van der Waals surface area contributed by atoms with E-state index in [0.717, 1.165) is 0 Å². The Morgan fingerprint density at radius 2 is 1.96 bits per heavy atom. The van der Waals surface area contributed by atoms with E-state index >= 15 is 0 Å². The van der Waals surface area contributed by atoms with Crippen LogP contribution in [-0.2, 0) is 11.3 Å². The summed E-state index contributed by atoms with van der Waals surface area (Å²) in [7, 11) is 4.58. The summed E-state index contributed by atoms with van der Waals surface area (Å²) < 4.78 is 17.1. The van der Waals surface area contributed by atoms with Gasteiger partial charge in [-0.25, -0.2) is 15.1 Å². The molecule has 0 fully saturated rings. The van der Waals surface area contributed by atoms with E-state index in [9.17, 15) is 4.79 Å². The average Bonchev–Trinajstić information content (AvgIpc) is 3.06. The number of aromatic nitrogens is 3. The molecule has 0 aliphatic heterocycles. The van der Waals surface area contributed by atoms with Gasteiger partial charge in [-0.2, -0.15) is 10.2 Å². The summed E-state index contributed by atoms with van der Waals surface area (Å²) in [5.41, 5.74) is 3.08. The number of hydrogen-bond acceptors (Lipinski definition) is 7. The zero-order valence-corrected chi connectivity index (χ0v) is 13.0. The lowest BCUT2D eigenvalue weighted by molar-refractivity contribution is -0.121. The summed E-state index contributed by atoms with van der Waals surface area (Å²) >= 11 is 0. The number of rotatable bonds is 7. The first-order chi connectivity index (χ1) is 11.2. The smallest absolute Gasteiger partial charge is 0.261 e. The minimum absolute atomic E-state index is 0.0343. The highest BCUT2D eigenvalue weighted by Gasteiger charge is 2.12. The Morgan fingerprint density at radius 3 is 2.48 bits per heavy atom. The third-order valence-electron chi connectivity index (χ3n) is 2.86. The van der Waals surface area contributed by atoms with Gasteiger partial charge < -0.3 is 14.2 Å². The molecule has 2 rings (SSSR count). The first-order valence-corrected chi connectivity index (χ1v) is 6.62. The van der Waals surface area contributed by atoms with Gasteiger partial charge in [-0.3, -0.25) is 4.79 Å². The second-order valence-electron chi connectivity index (χ2n) is 4.34. The second kappa shape index (κ2) is 7.78. The van der Waals surface area contributed by atoms with Crippen molar-refractivity contribution in [2.45, 2.75) is 6.54 Å². The molecule has 0 atom stereocenters. The molecular weight excluding hydrogens is 302 g/mol. The minimum atomic E-state index is -0.320. The predicted molar refractivity (Wildman–Crippen MR) is 81.9 cm³/mol. The van der Waals surface area contributed by atoms with Crippen molar-refractivity contribution in [1.82, 2.24) is 20.2 Å². The molecule has 0 spiro atoms. The van der Waals surface area contributed by atoms with Crippen LogP contribution < -0.4 is 19.6 Å². The molecule has 1 aromatic heterocycles. The van der Waals surface area contributed by atoms with E-state index in [1.54, 1.807) is 12.1 Å². The molecule has 122 valence electrons. The number of nitrogens with one attached hydrogen (secondary N) is 1. The number of hydrogen-bond donors (Lipinski definition) is 1. The highest BCUT2D eigenvalue weighted by molar-refractivity contribution is 5.84. The van der Waals surface area contributed by atoms with Gasteiger partial charge >= 0.3 is 0 Å². The molecular formula is C14H17N5O4. The molecule has 1 N–H and O–H groups in total. The van der Waals surface area contributed by atoms with Gasteiger partial charge in [0.25, 0.3) is 5.91 Å². The quantitative estimate of drug-likeness (QED) is 0.588. The van der Waals surface area contributed by atoms with Crippen LogP contribution in [0.5, 0.6) is 17.2 Å². The number of methoxy groups -OCH3 is 3. The fraction of sp³-hybridized carbons (Fsp3) is 0.286. The van der Waals surface area contributed by atoms with E-state index in [1.807, 2.05) is 0 Å².